The number of rotatable bonds is 2. The van der Waals surface area contributed by atoms with Crippen LogP contribution in [0.15, 0.2) is 30.3 Å². The van der Waals surface area contributed by atoms with Gasteiger partial charge in [-0.05, 0) is 25.0 Å². The second kappa shape index (κ2) is 5.03. The van der Waals surface area contributed by atoms with Crippen LogP contribution in [0.2, 0.25) is 0 Å². The van der Waals surface area contributed by atoms with E-state index in [1.54, 1.807) is 35.9 Å². The van der Waals surface area contributed by atoms with Crippen LogP contribution in [0.3, 0.4) is 0 Å². The number of nitrogens with zero attached hydrogens (tertiary/aromatic N) is 2. The van der Waals surface area contributed by atoms with Crippen molar-refractivity contribution < 1.29 is 9.59 Å². The van der Waals surface area contributed by atoms with Gasteiger partial charge in [-0.1, -0.05) is 32.0 Å². The fourth-order valence-corrected chi connectivity index (χ4v) is 2.75. The molecule has 2 rings (SSSR count). The summed E-state index contributed by atoms with van der Waals surface area (Å²) < 4.78 is 0. The second-order valence-corrected chi connectivity index (χ2v) is 5.36. The molecule has 1 aromatic carbocycles. The van der Waals surface area contributed by atoms with Crippen LogP contribution in [-0.4, -0.2) is 40.9 Å². The topological polar surface area (TPSA) is 40.6 Å². The Balaban J connectivity index is 2.36. The van der Waals surface area contributed by atoms with Crippen LogP contribution in [0.1, 0.15) is 31.1 Å². The number of benzene rings is 1. The molecule has 0 radical (unpaired) electrons. The lowest BCUT2D eigenvalue weighted by atomic mass is 10.1. The van der Waals surface area contributed by atoms with E-state index >= 15 is 0 Å². The highest BCUT2D eigenvalue weighted by atomic mass is 16.2. The summed E-state index contributed by atoms with van der Waals surface area (Å²) >= 11 is 0. The Bertz CT molecular complexity index is 484. The zero-order chi connectivity index (χ0) is 14.2. The predicted octanol–water partition coefficient (Wildman–Crippen LogP) is 1.97. The summed E-state index contributed by atoms with van der Waals surface area (Å²) in [7, 11) is 1.77. The van der Waals surface area contributed by atoms with E-state index in [0.717, 1.165) is 0 Å². The Morgan fingerprint density at radius 1 is 1.21 bits per heavy atom. The van der Waals surface area contributed by atoms with Gasteiger partial charge in [0.2, 0.25) is 5.91 Å². The summed E-state index contributed by atoms with van der Waals surface area (Å²) in [4.78, 5) is 28.1. The summed E-state index contributed by atoms with van der Waals surface area (Å²) in [6.07, 6.45) is -0.171. The minimum absolute atomic E-state index is 0.00276. The molecule has 0 aromatic heterocycles. The van der Waals surface area contributed by atoms with Crippen LogP contribution in [0.25, 0.3) is 0 Å². The molecule has 2 atom stereocenters. The van der Waals surface area contributed by atoms with Gasteiger partial charge in [-0.2, -0.15) is 0 Å². The van der Waals surface area contributed by atoms with Crippen LogP contribution in [-0.2, 0) is 4.79 Å². The van der Waals surface area contributed by atoms with Crippen molar-refractivity contribution in [1.29, 1.82) is 0 Å². The van der Waals surface area contributed by atoms with Crippen molar-refractivity contribution in [3.05, 3.63) is 35.9 Å². The zero-order valence-corrected chi connectivity index (χ0v) is 11.8. The molecule has 19 heavy (non-hydrogen) atoms. The molecule has 4 nitrogen and oxygen atoms in total. The second-order valence-electron chi connectivity index (χ2n) is 5.36. The van der Waals surface area contributed by atoms with Crippen molar-refractivity contribution in [3.63, 3.8) is 0 Å². The maximum absolute atomic E-state index is 12.6. The number of hydrogen-bond acceptors (Lipinski definition) is 2. The van der Waals surface area contributed by atoms with Crippen molar-refractivity contribution in [2.75, 3.05) is 7.05 Å². The molecule has 4 heteroatoms. The molecule has 1 aliphatic heterocycles. The quantitative estimate of drug-likeness (QED) is 0.815. The van der Waals surface area contributed by atoms with E-state index in [9.17, 15) is 9.59 Å². The normalized spacial score (nSPS) is 23.3. The molecule has 102 valence electrons. The SMILES string of the molecule is CC(C)[C@H]1N(C)C(=O)[C@H](C)N1C(=O)c1ccccc1. The van der Waals surface area contributed by atoms with Crippen molar-refractivity contribution in [2.24, 2.45) is 5.92 Å². The Morgan fingerprint density at radius 3 is 2.32 bits per heavy atom. The van der Waals surface area contributed by atoms with Gasteiger partial charge in [0.25, 0.3) is 5.91 Å². The molecule has 1 fully saturated rings. The molecule has 1 heterocycles. The highest BCUT2D eigenvalue weighted by Gasteiger charge is 2.45. The summed E-state index contributed by atoms with van der Waals surface area (Å²) in [5.74, 6) is 0.124. The number of amides is 2. The van der Waals surface area contributed by atoms with Gasteiger partial charge in [-0.3, -0.25) is 9.59 Å². The molecule has 0 aliphatic carbocycles. The minimum Gasteiger partial charge on any atom is -0.323 e. The van der Waals surface area contributed by atoms with Gasteiger partial charge in [0.05, 0.1) is 0 Å². The fourth-order valence-electron chi connectivity index (χ4n) is 2.75. The standard InChI is InChI=1S/C15H20N2O2/c1-10(2)13-16(4)14(18)11(3)17(13)15(19)12-8-6-5-7-9-12/h5-11,13H,1-4H3/t11-,13-/m0/s1. The number of hydrogen-bond donors (Lipinski definition) is 0. The third-order valence-electron chi connectivity index (χ3n) is 3.66. The van der Waals surface area contributed by atoms with Gasteiger partial charge in [0.1, 0.15) is 12.2 Å². The van der Waals surface area contributed by atoms with E-state index in [4.69, 9.17) is 0 Å². The van der Waals surface area contributed by atoms with Crippen molar-refractivity contribution in [3.8, 4) is 0 Å². The average molecular weight is 260 g/mol. The lowest BCUT2D eigenvalue weighted by molar-refractivity contribution is -0.128. The lowest BCUT2D eigenvalue weighted by Gasteiger charge is -2.32. The van der Waals surface area contributed by atoms with Crippen LogP contribution >= 0.6 is 0 Å². The highest BCUT2D eigenvalue weighted by Crippen LogP contribution is 2.27. The first-order chi connectivity index (χ1) is 8.95. The maximum atomic E-state index is 12.6. The predicted molar refractivity (Wildman–Crippen MR) is 73.5 cm³/mol. The molecule has 1 aromatic rings. The minimum atomic E-state index is -0.398. The van der Waals surface area contributed by atoms with Gasteiger partial charge >= 0.3 is 0 Å². The summed E-state index contributed by atoms with van der Waals surface area (Å²) in [5.41, 5.74) is 0.628. The smallest absolute Gasteiger partial charge is 0.256 e. The Kier molecular flexibility index (Phi) is 3.60. The third kappa shape index (κ3) is 2.23. The van der Waals surface area contributed by atoms with E-state index < -0.39 is 6.04 Å². The maximum Gasteiger partial charge on any atom is 0.256 e. The third-order valence-corrected chi connectivity index (χ3v) is 3.66. The largest absolute Gasteiger partial charge is 0.323 e. The number of carbonyl (C=O) groups excluding carboxylic acids is 2. The molecule has 0 spiro atoms. The lowest BCUT2D eigenvalue weighted by Crippen LogP contribution is -2.46. The molecule has 2 amide bonds. The Hall–Kier alpha value is -1.84. The Labute approximate surface area is 114 Å². The van der Waals surface area contributed by atoms with Gasteiger partial charge in [-0.15, -0.1) is 0 Å². The van der Waals surface area contributed by atoms with Crippen LogP contribution in [0.5, 0.6) is 0 Å². The van der Waals surface area contributed by atoms with Crippen molar-refractivity contribution >= 4 is 11.8 Å². The van der Waals surface area contributed by atoms with Crippen LogP contribution in [0.4, 0.5) is 0 Å². The van der Waals surface area contributed by atoms with Crippen LogP contribution < -0.4 is 0 Å². The van der Waals surface area contributed by atoms with E-state index in [1.165, 1.54) is 0 Å². The highest BCUT2D eigenvalue weighted by molar-refractivity contribution is 5.99. The molecule has 0 N–H and O–H groups in total. The van der Waals surface area contributed by atoms with E-state index in [-0.39, 0.29) is 23.9 Å². The van der Waals surface area contributed by atoms with Crippen LogP contribution in [0, 0.1) is 5.92 Å². The van der Waals surface area contributed by atoms with Gasteiger partial charge in [-0.25, -0.2) is 0 Å². The Morgan fingerprint density at radius 2 is 1.79 bits per heavy atom. The average Bonchev–Trinajstić information content (AvgIpc) is 2.63. The monoisotopic (exact) mass is 260 g/mol. The van der Waals surface area contributed by atoms with E-state index in [1.807, 2.05) is 32.0 Å². The first-order valence-corrected chi connectivity index (χ1v) is 6.59. The zero-order valence-electron chi connectivity index (χ0n) is 11.8. The van der Waals surface area contributed by atoms with Gasteiger partial charge < -0.3 is 9.80 Å². The van der Waals surface area contributed by atoms with Gasteiger partial charge in [0, 0.05) is 12.6 Å². The summed E-state index contributed by atoms with van der Waals surface area (Å²) in [6, 6.07) is 8.73. The first-order valence-electron chi connectivity index (χ1n) is 6.59. The molecular weight excluding hydrogens is 240 g/mol. The van der Waals surface area contributed by atoms with Gasteiger partial charge in [0.15, 0.2) is 0 Å². The van der Waals surface area contributed by atoms with Crippen molar-refractivity contribution in [1.82, 2.24) is 9.80 Å². The number of carbonyl (C=O) groups is 2. The molecule has 0 bridgehead atoms. The number of likely N-dealkylation sites (N-methyl/N-ethyl adjacent to an activating group) is 1. The first kappa shape index (κ1) is 13.6. The fraction of sp³-hybridized carbons (Fsp3) is 0.467. The molecule has 1 saturated heterocycles. The van der Waals surface area contributed by atoms with E-state index in [0.29, 0.717) is 5.56 Å². The molecule has 0 saturated carbocycles. The van der Waals surface area contributed by atoms with E-state index in [2.05, 4.69) is 0 Å². The molecule has 1 aliphatic rings. The van der Waals surface area contributed by atoms with Crippen molar-refractivity contribution in [2.45, 2.75) is 33.0 Å². The summed E-state index contributed by atoms with van der Waals surface area (Å²) in [5, 5.41) is 0. The molecular formula is C15H20N2O2. The molecule has 0 unspecified atom stereocenters. The summed E-state index contributed by atoms with van der Waals surface area (Å²) in [6.45, 7) is 5.84.